The number of hydrogen-bond donors (Lipinski definition) is 1. The van der Waals surface area contributed by atoms with E-state index in [1.165, 1.54) is 36.8 Å². The number of nitrogens with one attached hydrogen (secondary N) is 1. The van der Waals surface area contributed by atoms with E-state index in [0.29, 0.717) is 0 Å². The summed E-state index contributed by atoms with van der Waals surface area (Å²) in [5.41, 5.74) is 2.53. The summed E-state index contributed by atoms with van der Waals surface area (Å²) in [6.07, 6.45) is 6.34. The van der Waals surface area contributed by atoms with Gasteiger partial charge in [0, 0.05) is 11.1 Å². The molecule has 0 spiro atoms. The summed E-state index contributed by atoms with van der Waals surface area (Å²) < 4.78 is 0. The topological polar surface area (TPSA) is 12.0 Å². The van der Waals surface area contributed by atoms with Crippen molar-refractivity contribution in [3.8, 4) is 0 Å². The lowest BCUT2D eigenvalue weighted by atomic mass is 10.1. The molecule has 0 heterocycles. The minimum atomic E-state index is 0.836. The van der Waals surface area contributed by atoms with Crippen molar-refractivity contribution in [2.24, 2.45) is 0 Å². The van der Waals surface area contributed by atoms with E-state index >= 15 is 0 Å². The fourth-order valence-electron chi connectivity index (χ4n) is 1.89. The van der Waals surface area contributed by atoms with Crippen LogP contribution in [-0.4, -0.2) is 12.6 Å². The van der Waals surface area contributed by atoms with Crippen molar-refractivity contribution in [3.63, 3.8) is 0 Å². The van der Waals surface area contributed by atoms with Crippen LogP contribution in [-0.2, 0) is 6.42 Å². The van der Waals surface area contributed by atoms with E-state index in [1.54, 1.807) is 0 Å². The Balaban J connectivity index is 1.67. The predicted molar refractivity (Wildman–Crippen MR) is 70.2 cm³/mol. The molecule has 0 radical (unpaired) electrons. The van der Waals surface area contributed by atoms with Gasteiger partial charge in [-0.15, -0.1) is 0 Å². The van der Waals surface area contributed by atoms with Gasteiger partial charge in [0.2, 0.25) is 0 Å². The van der Waals surface area contributed by atoms with Crippen LogP contribution in [0.5, 0.6) is 0 Å². The fraction of sp³-hybridized carbons (Fsp3) is 0.571. The van der Waals surface area contributed by atoms with Gasteiger partial charge in [0.25, 0.3) is 0 Å². The molecule has 1 saturated carbocycles. The average Bonchev–Trinajstić information content (AvgIpc) is 3.04. The van der Waals surface area contributed by atoms with Gasteiger partial charge in [0.1, 0.15) is 0 Å². The summed E-state index contributed by atoms with van der Waals surface area (Å²) in [4.78, 5) is 0. The minimum absolute atomic E-state index is 0.836. The lowest BCUT2D eigenvalue weighted by molar-refractivity contribution is 0.620. The van der Waals surface area contributed by atoms with Crippen molar-refractivity contribution in [2.45, 2.75) is 45.1 Å². The van der Waals surface area contributed by atoms with E-state index in [2.05, 4.69) is 30.4 Å². The minimum Gasteiger partial charge on any atom is -0.314 e. The number of rotatable bonds is 6. The number of halogens is 1. The summed E-state index contributed by atoms with van der Waals surface area (Å²) in [6.45, 7) is 3.24. The van der Waals surface area contributed by atoms with E-state index in [9.17, 15) is 0 Å². The SMILES string of the molecule is Cc1ccc(CCCCNC2CC2)c(Cl)c1. The van der Waals surface area contributed by atoms with Crippen LogP contribution in [0, 0.1) is 6.92 Å². The van der Waals surface area contributed by atoms with Crippen LogP contribution in [0.2, 0.25) is 5.02 Å². The molecule has 0 amide bonds. The molecule has 0 aromatic heterocycles. The van der Waals surface area contributed by atoms with Gasteiger partial charge in [0.15, 0.2) is 0 Å². The summed E-state index contributed by atoms with van der Waals surface area (Å²) in [5, 5.41) is 4.46. The second-order valence-electron chi connectivity index (χ2n) is 4.78. The summed E-state index contributed by atoms with van der Waals surface area (Å²) >= 11 is 6.19. The van der Waals surface area contributed by atoms with Crippen molar-refractivity contribution < 1.29 is 0 Å². The molecule has 0 bridgehead atoms. The highest BCUT2D eigenvalue weighted by atomic mass is 35.5. The van der Waals surface area contributed by atoms with Gasteiger partial charge in [-0.3, -0.25) is 0 Å². The molecule has 1 fully saturated rings. The maximum atomic E-state index is 6.19. The van der Waals surface area contributed by atoms with Gasteiger partial charge in [-0.1, -0.05) is 23.7 Å². The number of aryl methyl sites for hydroxylation is 2. The summed E-state index contributed by atoms with van der Waals surface area (Å²) in [6, 6.07) is 7.19. The monoisotopic (exact) mass is 237 g/mol. The van der Waals surface area contributed by atoms with Gasteiger partial charge in [-0.25, -0.2) is 0 Å². The number of benzene rings is 1. The molecule has 1 aliphatic carbocycles. The third kappa shape index (κ3) is 3.80. The molecule has 0 unspecified atom stereocenters. The standard InChI is InChI=1S/C14H20ClN/c1-11-5-6-12(14(15)10-11)4-2-3-9-16-13-7-8-13/h5-6,10,13,16H,2-4,7-9H2,1H3. The van der Waals surface area contributed by atoms with Crippen LogP contribution >= 0.6 is 11.6 Å². The van der Waals surface area contributed by atoms with E-state index in [-0.39, 0.29) is 0 Å². The Morgan fingerprint density at radius 1 is 1.31 bits per heavy atom. The Bertz CT molecular complexity index is 345. The Morgan fingerprint density at radius 3 is 2.81 bits per heavy atom. The van der Waals surface area contributed by atoms with Crippen LogP contribution < -0.4 is 5.32 Å². The third-order valence-electron chi connectivity index (χ3n) is 3.09. The second-order valence-corrected chi connectivity index (χ2v) is 5.19. The zero-order valence-electron chi connectivity index (χ0n) is 9.93. The Labute approximate surface area is 103 Å². The molecule has 0 saturated heterocycles. The van der Waals surface area contributed by atoms with Crippen molar-refractivity contribution in [1.82, 2.24) is 5.32 Å². The Kier molecular flexibility index (Phi) is 4.25. The van der Waals surface area contributed by atoms with Gasteiger partial charge < -0.3 is 5.32 Å². The molecular weight excluding hydrogens is 218 g/mol. The van der Waals surface area contributed by atoms with E-state index in [1.807, 2.05) is 0 Å². The largest absolute Gasteiger partial charge is 0.314 e. The van der Waals surface area contributed by atoms with E-state index < -0.39 is 0 Å². The lowest BCUT2D eigenvalue weighted by Crippen LogP contribution is -2.17. The third-order valence-corrected chi connectivity index (χ3v) is 3.44. The van der Waals surface area contributed by atoms with Crippen LogP contribution in [0.3, 0.4) is 0 Å². The van der Waals surface area contributed by atoms with Crippen LogP contribution in [0.1, 0.15) is 36.8 Å². The van der Waals surface area contributed by atoms with Gasteiger partial charge in [0.05, 0.1) is 0 Å². The molecule has 2 heteroatoms. The average molecular weight is 238 g/mol. The molecule has 88 valence electrons. The molecule has 2 rings (SSSR count). The Hall–Kier alpha value is -0.530. The molecular formula is C14H20ClN. The fourth-order valence-corrected chi connectivity index (χ4v) is 2.22. The maximum absolute atomic E-state index is 6.19. The first-order valence-corrected chi connectivity index (χ1v) is 6.62. The molecule has 16 heavy (non-hydrogen) atoms. The number of hydrogen-bond acceptors (Lipinski definition) is 1. The van der Waals surface area contributed by atoms with Crippen LogP contribution in [0.15, 0.2) is 18.2 Å². The zero-order valence-corrected chi connectivity index (χ0v) is 10.7. The molecule has 1 N–H and O–H groups in total. The van der Waals surface area contributed by atoms with Crippen LogP contribution in [0.4, 0.5) is 0 Å². The molecule has 1 aromatic carbocycles. The van der Waals surface area contributed by atoms with Crippen molar-refractivity contribution in [3.05, 3.63) is 34.3 Å². The summed E-state index contributed by atoms with van der Waals surface area (Å²) in [5.74, 6) is 0. The molecule has 1 aliphatic rings. The highest BCUT2D eigenvalue weighted by molar-refractivity contribution is 6.31. The zero-order chi connectivity index (χ0) is 11.4. The normalized spacial score (nSPS) is 15.4. The van der Waals surface area contributed by atoms with E-state index in [4.69, 9.17) is 11.6 Å². The van der Waals surface area contributed by atoms with Crippen molar-refractivity contribution in [2.75, 3.05) is 6.54 Å². The highest BCUT2D eigenvalue weighted by Gasteiger charge is 2.19. The van der Waals surface area contributed by atoms with E-state index in [0.717, 1.165) is 24.0 Å². The van der Waals surface area contributed by atoms with Gasteiger partial charge in [-0.05, 0) is 62.8 Å². The van der Waals surface area contributed by atoms with Crippen molar-refractivity contribution >= 4 is 11.6 Å². The van der Waals surface area contributed by atoms with Gasteiger partial charge in [-0.2, -0.15) is 0 Å². The molecule has 0 aliphatic heterocycles. The quantitative estimate of drug-likeness (QED) is 0.744. The second kappa shape index (κ2) is 5.70. The highest BCUT2D eigenvalue weighted by Crippen LogP contribution is 2.20. The van der Waals surface area contributed by atoms with Gasteiger partial charge >= 0.3 is 0 Å². The first-order chi connectivity index (χ1) is 7.75. The van der Waals surface area contributed by atoms with Crippen LogP contribution in [0.25, 0.3) is 0 Å². The molecule has 1 nitrogen and oxygen atoms in total. The maximum Gasteiger partial charge on any atom is 0.0440 e. The first-order valence-electron chi connectivity index (χ1n) is 6.24. The first kappa shape index (κ1) is 11.9. The van der Waals surface area contributed by atoms with Crippen molar-refractivity contribution in [1.29, 1.82) is 0 Å². The predicted octanol–water partition coefficient (Wildman–Crippen LogP) is 3.72. The lowest BCUT2D eigenvalue weighted by Gasteiger charge is -2.06. The summed E-state index contributed by atoms with van der Waals surface area (Å²) in [7, 11) is 0. The Morgan fingerprint density at radius 2 is 2.12 bits per heavy atom. The smallest absolute Gasteiger partial charge is 0.0440 e. The molecule has 1 aromatic rings. The number of unbranched alkanes of at least 4 members (excludes halogenated alkanes) is 1. The molecule has 0 atom stereocenters.